The first-order valence-electron chi connectivity index (χ1n) is 11.0. The molecule has 1 aromatic heterocycles. The van der Waals surface area contributed by atoms with Gasteiger partial charge in [0.05, 0.1) is 20.3 Å². The van der Waals surface area contributed by atoms with Crippen LogP contribution in [-0.2, 0) is 17.8 Å². The monoisotopic (exact) mass is 469 g/mol. The third-order valence-electron chi connectivity index (χ3n) is 5.19. The van der Waals surface area contributed by atoms with E-state index >= 15 is 0 Å². The minimum Gasteiger partial charge on any atom is -0.497 e. The molecule has 0 aliphatic heterocycles. The van der Waals surface area contributed by atoms with Crippen LogP contribution in [-0.4, -0.2) is 49.0 Å². The van der Waals surface area contributed by atoms with Crippen LogP contribution in [0, 0.1) is 0 Å². The third-order valence-corrected chi connectivity index (χ3v) is 5.59. The first kappa shape index (κ1) is 24.5. The van der Waals surface area contributed by atoms with Gasteiger partial charge in [-0.25, -0.2) is 0 Å². The van der Waals surface area contributed by atoms with Gasteiger partial charge in [-0.05, 0) is 67.5 Å². The van der Waals surface area contributed by atoms with E-state index in [4.69, 9.17) is 26.4 Å². The number of nitrogens with one attached hydrogen (secondary N) is 2. The Kier molecular flexibility index (Phi) is 9.09. The number of thiocarbonyl (C=S) groups is 1. The molecule has 0 spiro atoms. The molecule has 3 aromatic rings. The van der Waals surface area contributed by atoms with Crippen molar-refractivity contribution in [3.05, 3.63) is 70.0 Å². The Morgan fingerprint density at radius 3 is 2.52 bits per heavy atom. The summed E-state index contributed by atoms with van der Waals surface area (Å²) in [5.74, 6) is 1.56. The van der Waals surface area contributed by atoms with Crippen LogP contribution in [0.5, 0.6) is 11.5 Å². The number of aromatic amines is 1. The van der Waals surface area contributed by atoms with Gasteiger partial charge in [-0.1, -0.05) is 12.1 Å². The van der Waals surface area contributed by atoms with Crippen molar-refractivity contribution in [2.45, 2.75) is 26.4 Å². The predicted octanol–water partition coefficient (Wildman–Crippen LogP) is 3.85. The van der Waals surface area contributed by atoms with Crippen molar-refractivity contribution in [3.63, 3.8) is 0 Å². The number of nitrogens with zero attached hydrogens (tertiary/aromatic N) is 1. The van der Waals surface area contributed by atoms with Crippen LogP contribution in [0.2, 0.25) is 0 Å². The molecule has 0 radical (unpaired) electrons. The number of hydrogen-bond acceptors (Lipinski definition) is 5. The van der Waals surface area contributed by atoms with Gasteiger partial charge >= 0.3 is 0 Å². The largest absolute Gasteiger partial charge is 0.497 e. The zero-order chi connectivity index (χ0) is 23.6. The zero-order valence-electron chi connectivity index (χ0n) is 19.3. The van der Waals surface area contributed by atoms with Crippen molar-refractivity contribution in [1.82, 2.24) is 15.2 Å². The molecule has 0 saturated carbocycles. The molecule has 176 valence electrons. The van der Waals surface area contributed by atoms with Crippen LogP contribution in [0.25, 0.3) is 10.9 Å². The molecule has 0 atom stereocenters. The molecular formula is C25H31N3O4S. The number of methoxy groups -OCH3 is 2. The highest BCUT2D eigenvalue weighted by Gasteiger charge is 2.14. The summed E-state index contributed by atoms with van der Waals surface area (Å²) in [4.78, 5) is 17.8. The topological polar surface area (TPSA) is 75.8 Å². The lowest BCUT2D eigenvalue weighted by atomic mass is 10.1. The second kappa shape index (κ2) is 12.2. The van der Waals surface area contributed by atoms with Crippen molar-refractivity contribution in [3.8, 4) is 11.5 Å². The van der Waals surface area contributed by atoms with Gasteiger partial charge in [-0.2, -0.15) is 0 Å². The minimum absolute atomic E-state index is 0.131. The van der Waals surface area contributed by atoms with E-state index in [0.717, 1.165) is 34.4 Å². The summed E-state index contributed by atoms with van der Waals surface area (Å²) >= 11 is 5.68. The Balaban J connectivity index is 1.85. The predicted molar refractivity (Wildman–Crippen MR) is 135 cm³/mol. The number of rotatable bonds is 11. The van der Waals surface area contributed by atoms with Gasteiger partial charge in [0, 0.05) is 43.3 Å². The van der Waals surface area contributed by atoms with E-state index in [1.165, 1.54) is 0 Å². The molecule has 0 fully saturated rings. The lowest BCUT2D eigenvalue weighted by molar-refractivity contribution is 0.195. The molecule has 0 aliphatic carbocycles. The number of pyridine rings is 1. The average Bonchev–Trinajstić information content (AvgIpc) is 2.82. The van der Waals surface area contributed by atoms with Crippen molar-refractivity contribution >= 4 is 28.2 Å². The standard InChI is InChI=1S/C25H31N3O4S/c1-4-32-22-10-11-23-19(15-22)14-20(24(29)27-23)17-28(25(33)26-12-5-13-30-2)16-18-6-8-21(31-3)9-7-18/h6-11,14-15H,4-5,12-13,16-17H2,1-3H3,(H,26,33)(H,27,29). The molecule has 0 unspecified atom stereocenters. The number of ether oxygens (including phenoxy) is 3. The van der Waals surface area contributed by atoms with Crippen LogP contribution in [0.3, 0.4) is 0 Å². The molecule has 33 heavy (non-hydrogen) atoms. The summed E-state index contributed by atoms with van der Waals surface area (Å²) in [6.45, 7) is 4.79. The Morgan fingerprint density at radius 1 is 1.06 bits per heavy atom. The van der Waals surface area contributed by atoms with Crippen LogP contribution in [0.1, 0.15) is 24.5 Å². The maximum absolute atomic E-state index is 12.8. The fraction of sp³-hybridized carbons (Fsp3) is 0.360. The van der Waals surface area contributed by atoms with Crippen LogP contribution in [0.4, 0.5) is 0 Å². The lowest BCUT2D eigenvalue weighted by Gasteiger charge is -2.26. The molecule has 0 bridgehead atoms. The fourth-order valence-electron chi connectivity index (χ4n) is 3.48. The third kappa shape index (κ3) is 6.94. The zero-order valence-corrected chi connectivity index (χ0v) is 20.2. The van der Waals surface area contributed by atoms with Gasteiger partial charge in [0.15, 0.2) is 5.11 Å². The van der Waals surface area contributed by atoms with Crippen LogP contribution >= 0.6 is 12.2 Å². The van der Waals surface area contributed by atoms with Crippen LogP contribution in [0.15, 0.2) is 53.3 Å². The van der Waals surface area contributed by atoms with E-state index in [0.29, 0.717) is 43.5 Å². The van der Waals surface area contributed by atoms with Gasteiger partial charge in [0.25, 0.3) is 5.56 Å². The van der Waals surface area contributed by atoms with E-state index in [9.17, 15) is 4.79 Å². The van der Waals surface area contributed by atoms with E-state index in [1.807, 2.05) is 60.4 Å². The number of fused-ring (bicyclic) bond motifs is 1. The molecule has 0 amide bonds. The molecule has 2 N–H and O–H groups in total. The molecule has 0 aliphatic rings. The van der Waals surface area contributed by atoms with E-state index in [-0.39, 0.29) is 5.56 Å². The van der Waals surface area contributed by atoms with Gasteiger partial charge in [-0.15, -0.1) is 0 Å². The normalized spacial score (nSPS) is 10.8. The molecule has 7 nitrogen and oxygen atoms in total. The molecule has 1 heterocycles. The van der Waals surface area contributed by atoms with Gasteiger partial charge < -0.3 is 29.4 Å². The van der Waals surface area contributed by atoms with Crippen LogP contribution < -0.4 is 20.3 Å². The van der Waals surface area contributed by atoms with Crippen molar-refractivity contribution in [2.75, 3.05) is 34.0 Å². The maximum atomic E-state index is 12.8. The maximum Gasteiger partial charge on any atom is 0.253 e. The first-order valence-corrected chi connectivity index (χ1v) is 11.4. The lowest BCUT2D eigenvalue weighted by Crippen LogP contribution is -2.40. The van der Waals surface area contributed by atoms with Gasteiger partial charge in [0.2, 0.25) is 0 Å². The summed E-state index contributed by atoms with van der Waals surface area (Å²) in [6.07, 6.45) is 0.837. The second-order valence-electron chi connectivity index (χ2n) is 7.59. The molecular weight excluding hydrogens is 438 g/mol. The number of benzene rings is 2. The molecule has 8 heteroatoms. The Morgan fingerprint density at radius 2 is 1.82 bits per heavy atom. The number of hydrogen-bond donors (Lipinski definition) is 2. The highest BCUT2D eigenvalue weighted by atomic mass is 32.1. The van der Waals surface area contributed by atoms with Crippen molar-refractivity contribution in [1.29, 1.82) is 0 Å². The number of aromatic nitrogens is 1. The van der Waals surface area contributed by atoms with E-state index in [2.05, 4.69) is 10.3 Å². The Labute approximate surface area is 199 Å². The number of H-pyrrole nitrogens is 1. The first-order chi connectivity index (χ1) is 16.0. The summed E-state index contributed by atoms with van der Waals surface area (Å²) in [5.41, 5.74) is 2.33. The Hall–Kier alpha value is -3.10. The van der Waals surface area contributed by atoms with Crippen molar-refractivity contribution in [2.24, 2.45) is 0 Å². The summed E-state index contributed by atoms with van der Waals surface area (Å²) in [7, 11) is 3.32. The van der Waals surface area contributed by atoms with Crippen molar-refractivity contribution < 1.29 is 14.2 Å². The fourth-order valence-corrected chi connectivity index (χ4v) is 3.72. The minimum atomic E-state index is -0.131. The average molecular weight is 470 g/mol. The summed E-state index contributed by atoms with van der Waals surface area (Å²) in [5, 5.41) is 4.79. The van der Waals surface area contributed by atoms with E-state index < -0.39 is 0 Å². The highest BCUT2D eigenvalue weighted by molar-refractivity contribution is 7.80. The van der Waals surface area contributed by atoms with Gasteiger partial charge in [-0.3, -0.25) is 4.79 Å². The molecule has 3 rings (SSSR count). The van der Waals surface area contributed by atoms with Gasteiger partial charge in [0.1, 0.15) is 11.5 Å². The SMILES string of the molecule is CCOc1ccc2[nH]c(=O)c(CN(Cc3ccc(OC)cc3)C(=S)NCCCOC)cc2c1. The summed E-state index contributed by atoms with van der Waals surface area (Å²) < 4.78 is 16.0. The quantitative estimate of drug-likeness (QED) is 0.326. The second-order valence-corrected chi connectivity index (χ2v) is 7.97. The Bertz CT molecular complexity index is 1110. The molecule has 0 saturated heterocycles. The highest BCUT2D eigenvalue weighted by Crippen LogP contribution is 2.20. The smallest absolute Gasteiger partial charge is 0.253 e. The summed E-state index contributed by atoms with van der Waals surface area (Å²) in [6, 6.07) is 15.4. The molecule has 2 aromatic carbocycles. The van der Waals surface area contributed by atoms with E-state index in [1.54, 1.807) is 14.2 Å².